The highest BCUT2D eigenvalue weighted by atomic mass is 15.2. The second-order valence-corrected chi connectivity index (χ2v) is 14.3. The van der Waals surface area contributed by atoms with Gasteiger partial charge in [0, 0.05) is 33.7 Å². The molecule has 0 radical (unpaired) electrons. The summed E-state index contributed by atoms with van der Waals surface area (Å²) in [5.41, 5.74) is 16.1. The van der Waals surface area contributed by atoms with Crippen molar-refractivity contribution in [2.75, 3.05) is 9.80 Å². The largest absolute Gasteiger partial charge is 0.331 e. The van der Waals surface area contributed by atoms with Gasteiger partial charge in [0.2, 0.25) is 0 Å². The van der Waals surface area contributed by atoms with Crippen LogP contribution in [0.15, 0.2) is 181 Å². The summed E-state index contributed by atoms with van der Waals surface area (Å²) < 4.78 is 0. The number of para-hydroxylation sites is 3. The van der Waals surface area contributed by atoms with E-state index in [0.29, 0.717) is 0 Å². The average Bonchev–Trinajstić information content (AvgIpc) is 4.03. The minimum absolute atomic E-state index is 0.0632. The molecule has 1 aromatic heterocycles. The lowest BCUT2D eigenvalue weighted by Gasteiger charge is -2.29. The van der Waals surface area contributed by atoms with Crippen LogP contribution in [0, 0.1) is 0 Å². The molecule has 0 saturated heterocycles. The van der Waals surface area contributed by atoms with Gasteiger partial charge in [-0.05, 0) is 119 Å². The molecule has 0 amide bonds. The molecule has 1 heterocycles. The molecule has 5 aromatic rings. The van der Waals surface area contributed by atoms with E-state index >= 15 is 0 Å². The molecule has 0 N–H and O–H groups in total. The molecule has 290 valence electrons. The molecule has 9 rings (SSSR count). The number of nitrogens with zero attached hydrogens (tertiary/aromatic N) is 3. The summed E-state index contributed by atoms with van der Waals surface area (Å²) in [6.45, 7) is 16.8. The molecule has 0 saturated carbocycles. The van der Waals surface area contributed by atoms with Crippen LogP contribution < -0.4 is 9.80 Å². The Labute approximate surface area is 342 Å². The van der Waals surface area contributed by atoms with Gasteiger partial charge in [-0.15, -0.1) is 0 Å². The van der Waals surface area contributed by atoms with Gasteiger partial charge < -0.3 is 9.80 Å². The fourth-order valence-electron chi connectivity index (χ4n) is 8.33. The van der Waals surface area contributed by atoms with Gasteiger partial charge in [0.15, 0.2) is 0 Å². The van der Waals surface area contributed by atoms with E-state index in [2.05, 4.69) is 188 Å². The number of benzene rings is 4. The second-order valence-electron chi connectivity index (χ2n) is 14.3. The Hall–Kier alpha value is -5.93. The highest BCUT2D eigenvalue weighted by molar-refractivity contribution is 5.97. The fraction of sp³-hybridized carbons (Fsp3) is 0.241. The third kappa shape index (κ3) is 8.16. The third-order valence-electron chi connectivity index (χ3n) is 10.9. The molecular weight excluding hydrogens is 691 g/mol. The summed E-state index contributed by atoms with van der Waals surface area (Å²) in [5.74, 6) is 0. The smallest absolute Gasteiger partial charge is 0.0718 e. The van der Waals surface area contributed by atoms with Gasteiger partial charge in [-0.25, -0.2) is 0 Å². The Kier molecular flexibility index (Phi) is 13.4. The van der Waals surface area contributed by atoms with Crippen LogP contribution in [0.4, 0.5) is 22.7 Å². The van der Waals surface area contributed by atoms with E-state index < -0.39 is 0 Å². The van der Waals surface area contributed by atoms with Crippen LogP contribution in [0.5, 0.6) is 0 Å². The Bertz CT molecular complexity index is 2250. The van der Waals surface area contributed by atoms with Crippen molar-refractivity contribution < 1.29 is 0 Å². The van der Waals surface area contributed by atoms with Gasteiger partial charge in [-0.1, -0.05) is 153 Å². The Balaban J connectivity index is 0.000000876. The molecule has 0 bridgehead atoms. The van der Waals surface area contributed by atoms with Crippen molar-refractivity contribution >= 4 is 33.9 Å². The minimum atomic E-state index is -0.0632. The van der Waals surface area contributed by atoms with Crippen LogP contribution >= 0.6 is 0 Å². The minimum Gasteiger partial charge on any atom is -0.331 e. The number of rotatable bonds is 8. The molecule has 0 aliphatic heterocycles. The first-order valence-electron chi connectivity index (χ1n) is 21.1. The van der Waals surface area contributed by atoms with Crippen molar-refractivity contribution in [3.63, 3.8) is 0 Å². The van der Waals surface area contributed by atoms with Crippen molar-refractivity contribution in [2.24, 2.45) is 0 Å². The number of fused-ring (bicyclic) bond motifs is 2. The Morgan fingerprint density at radius 1 is 0.667 bits per heavy atom. The standard InChI is InChI=1S/C48H41N3.3C2H6/c1-48(2)44-25-15-24-42(44)47-43(34-26-27-40(30-34)50(36-16-7-3-8-17-36)37-18-9-4-10-19-37)31-35(32-45(47)48)46-29-28-41(33-49-46)51(38-20-11-5-12-21-38)39-22-13-6-14-23-39;3*1-2/h3-13,15-22,24,26-33,40H,14,23,25H2,1-2H3;3*1-2H3. The second kappa shape index (κ2) is 18.8. The number of allylic oxidation sites excluding steroid dienone is 10. The first-order valence-corrected chi connectivity index (χ1v) is 21.1. The van der Waals surface area contributed by atoms with E-state index in [4.69, 9.17) is 4.98 Å². The lowest BCUT2D eigenvalue weighted by atomic mass is 9.78. The topological polar surface area (TPSA) is 19.4 Å². The number of hydrogen-bond acceptors (Lipinski definition) is 3. The molecule has 1 unspecified atom stereocenters. The van der Waals surface area contributed by atoms with Crippen molar-refractivity contribution in [3.8, 4) is 11.3 Å². The Morgan fingerprint density at radius 2 is 1.30 bits per heavy atom. The average molecular weight is 750 g/mol. The maximum atomic E-state index is 5.17. The summed E-state index contributed by atoms with van der Waals surface area (Å²) in [6.07, 6.45) is 23.5. The zero-order valence-electron chi connectivity index (χ0n) is 35.2. The summed E-state index contributed by atoms with van der Waals surface area (Å²) >= 11 is 0. The van der Waals surface area contributed by atoms with Gasteiger partial charge in [-0.3, -0.25) is 4.98 Å². The van der Waals surface area contributed by atoms with Crippen molar-refractivity contribution in [1.82, 2.24) is 4.98 Å². The van der Waals surface area contributed by atoms with E-state index in [1.54, 1.807) is 0 Å². The Morgan fingerprint density at radius 3 is 1.88 bits per heavy atom. The molecule has 0 fully saturated rings. The van der Waals surface area contributed by atoms with Crippen molar-refractivity contribution in [2.45, 2.75) is 86.1 Å². The monoisotopic (exact) mass is 749 g/mol. The predicted molar refractivity (Wildman–Crippen MR) is 248 cm³/mol. The molecule has 1 atom stereocenters. The summed E-state index contributed by atoms with van der Waals surface area (Å²) in [6, 6.07) is 41.4. The predicted octanol–water partition coefficient (Wildman–Crippen LogP) is 15.4. The fourth-order valence-corrected chi connectivity index (χ4v) is 8.33. The molecule has 4 aliphatic carbocycles. The molecular formula is C54H59N3. The first-order chi connectivity index (χ1) is 28.1. The van der Waals surface area contributed by atoms with Crippen LogP contribution in [-0.2, 0) is 5.41 Å². The maximum Gasteiger partial charge on any atom is 0.0718 e. The van der Waals surface area contributed by atoms with E-state index in [9.17, 15) is 0 Å². The number of hydrogen-bond donors (Lipinski definition) is 0. The SMILES string of the molecule is CC.CC.CC.CC1(C)C2=C(C=CC2)c2c(C3=CC(N(c4ccccc4)c4ccccc4)C=C3)cc(-c3ccc(N(C4=CC=CCC4)c4ccccc4)cn3)cc21. The van der Waals surface area contributed by atoms with E-state index in [-0.39, 0.29) is 11.5 Å². The molecule has 57 heavy (non-hydrogen) atoms. The van der Waals surface area contributed by atoms with Crippen LogP contribution in [0.1, 0.15) is 91.3 Å². The van der Waals surface area contributed by atoms with Gasteiger partial charge in [0.1, 0.15) is 0 Å². The van der Waals surface area contributed by atoms with Gasteiger partial charge in [0.05, 0.1) is 23.6 Å². The molecule has 4 aliphatic rings. The zero-order valence-corrected chi connectivity index (χ0v) is 35.2. The van der Waals surface area contributed by atoms with Crippen LogP contribution in [0.2, 0.25) is 0 Å². The van der Waals surface area contributed by atoms with E-state index in [1.165, 1.54) is 50.5 Å². The first kappa shape index (κ1) is 40.7. The zero-order chi connectivity index (χ0) is 40.4. The number of pyridine rings is 1. The molecule has 3 heteroatoms. The van der Waals surface area contributed by atoms with Crippen LogP contribution in [0.25, 0.3) is 22.4 Å². The molecule has 0 spiro atoms. The van der Waals surface area contributed by atoms with Crippen molar-refractivity contribution in [3.05, 3.63) is 198 Å². The van der Waals surface area contributed by atoms with Crippen molar-refractivity contribution in [1.29, 1.82) is 0 Å². The quantitative estimate of drug-likeness (QED) is 0.157. The van der Waals surface area contributed by atoms with Gasteiger partial charge in [-0.2, -0.15) is 0 Å². The maximum absolute atomic E-state index is 5.17. The van der Waals surface area contributed by atoms with E-state index in [1.807, 2.05) is 47.7 Å². The van der Waals surface area contributed by atoms with Crippen LogP contribution in [-0.4, -0.2) is 11.0 Å². The summed E-state index contributed by atoms with van der Waals surface area (Å²) in [7, 11) is 0. The lowest BCUT2D eigenvalue weighted by Crippen LogP contribution is -2.26. The lowest BCUT2D eigenvalue weighted by molar-refractivity contribution is 0.627. The number of anilines is 4. The third-order valence-corrected chi connectivity index (χ3v) is 10.9. The molecule has 4 aromatic carbocycles. The van der Waals surface area contributed by atoms with Gasteiger partial charge >= 0.3 is 0 Å². The highest BCUT2D eigenvalue weighted by Crippen LogP contribution is 2.54. The van der Waals surface area contributed by atoms with Crippen LogP contribution in [0.3, 0.4) is 0 Å². The molecule has 3 nitrogen and oxygen atoms in total. The normalized spacial score (nSPS) is 16.5. The van der Waals surface area contributed by atoms with Gasteiger partial charge in [0.25, 0.3) is 0 Å². The summed E-state index contributed by atoms with van der Waals surface area (Å²) in [4.78, 5) is 9.94. The van der Waals surface area contributed by atoms with E-state index in [0.717, 1.165) is 41.9 Å². The summed E-state index contributed by atoms with van der Waals surface area (Å²) in [5, 5.41) is 0. The highest BCUT2D eigenvalue weighted by Gasteiger charge is 2.40. The number of aromatic nitrogens is 1.